The van der Waals surface area contributed by atoms with Crippen molar-refractivity contribution in [1.82, 2.24) is 4.98 Å². The molecule has 0 fully saturated rings. The zero-order chi connectivity index (χ0) is 13.1. The van der Waals surface area contributed by atoms with Crippen LogP contribution in [0.5, 0.6) is 0 Å². The van der Waals surface area contributed by atoms with Crippen molar-refractivity contribution in [1.29, 1.82) is 0 Å². The normalized spacial score (nSPS) is 10.2. The molecule has 1 heterocycles. The number of anilines is 1. The maximum absolute atomic E-state index is 12.0. The van der Waals surface area contributed by atoms with E-state index in [1.165, 1.54) is 0 Å². The molecule has 1 aromatic carbocycles. The molecule has 0 bridgehead atoms. The van der Waals surface area contributed by atoms with E-state index in [4.69, 9.17) is 23.2 Å². The summed E-state index contributed by atoms with van der Waals surface area (Å²) in [5.41, 5.74) is 0.363. The second-order valence-corrected chi connectivity index (χ2v) is 5.14. The molecular formula is C12H7BrCl2N2O. The zero-order valence-corrected chi connectivity index (χ0v) is 12.1. The zero-order valence-electron chi connectivity index (χ0n) is 8.95. The summed E-state index contributed by atoms with van der Waals surface area (Å²) in [7, 11) is 0. The average Bonchev–Trinajstić information content (AvgIpc) is 2.32. The van der Waals surface area contributed by atoms with E-state index in [0.717, 1.165) is 4.47 Å². The highest BCUT2D eigenvalue weighted by Gasteiger charge is 2.12. The number of amides is 1. The molecule has 0 aliphatic carbocycles. The maximum atomic E-state index is 12.0. The number of hydrogen-bond acceptors (Lipinski definition) is 2. The number of pyridine rings is 1. The molecule has 0 aliphatic heterocycles. The van der Waals surface area contributed by atoms with Crippen molar-refractivity contribution >= 4 is 50.9 Å². The lowest BCUT2D eigenvalue weighted by molar-refractivity contribution is 0.102. The van der Waals surface area contributed by atoms with Gasteiger partial charge in [0.2, 0.25) is 0 Å². The van der Waals surface area contributed by atoms with Crippen LogP contribution >= 0.6 is 39.1 Å². The number of nitrogens with one attached hydrogen (secondary N) is 1. The Balaban J connectivity index is 2.25. The van der Waals surface area contributed by atoms with Gasteiger partial charge in [-0.2, -0.15) is 0 Å². The molecule has 2 aromatic rings. The lowest BCUT2D eigenvalue weighted by atomic mass is 10.2. The van der Waals surface area contributed by atoms with Crippen LogP contribution in [0, 0.1) is 0 Å². The Morgan fingerprint density at radius 3 is 2.67 bits per heavy atom. The summed E-state index contributed by atoms with van der Waals surface area (Å²) < 4.78 is 0.805. The van der Waals surface area contributed by atoms with Gasteiger partial charge < -0.3 is 5.32 Å². The Morgan fingerprint density at radius 2 is 2.00 bits per heavy atom. The van der Waals surface area contributed by atoms with Gasteiger partial charge in [0.15, 0.2) is 5.82 Å². The summed E-state index contributed by atoms with van der Waals surface area (Å²) in [5.74, 6) is -0.0451. The van der Waals surface area contributed by atoms with Gasteiger partial charge in [-0.15, -0.1) is 0 Å². The largest absolute Gasteiger partial charge is 0.305 e. The Bertz CT molecular complexity index is 604. The van der Waals surface area contributed by atoms with Gasteiger partial charge in [0, 0.05) is 10.7 Å². The smallest absolute Gasteiger partial charge is 0.258 e. The molecule has 0 aliphatic rings. The summed E-state index contributed by atoms with van der Waals surface area (Å²) in [6.45, 7) is 0. The highest BCUT2D eigenvalue weighted by Crippen LogP contribution is 2.23. The van der Waals surface area contributed by atoms with Crippen molar-refractivity contribution in [2.45, 2.75) is 0 Å². The monoisotopic (exact) mass is 344 g/mol. The Kier molecular flexibility index (Phi) is 4.22. The molecule has 0 radical (unpaired) electrons. The molecule has 2 rings (SSSR count). The first-order valence-corrected chi connectivity index (χ1v) is 6.50. The fraction of sp³-hybridized carbons (Fsp3) is 0. The summed E-state index contributed by atoms with van der Waals surface area (Å²) in [5, 5.41) is 3.33. The molecule has 18 heavy (non-hydrogen) atoms. The minimum Gasteiger partial charge on any atom is -0.305 e. The lowest BCUT2D eigenvalue weighted by Gasteiger charge is -2.07. The Labute approximate surface area is 122 Å². The van der Waals surface area contributed by atoms with Crippen molar-refractivity contribution < 1.29 is 4.79 Å². The highest BCUT2D eigenvalue weighted by atomic mass is 79.9. The molecule has 92 valence electrons. The van der Waals surface area contributed by atoms with E-state index in [2.05, 4.69) is 26.2 Å². The van der Waals surface area contributed by atoms with Crippen molar-refractivity contribution in [3.05, 3.63) is 56.6 Å². The number of rotatable bonds is 2. The molecule has 0 unspecified atom stereocenters. The Morgan fingerprint density at radius 1 is 1.22 bits per heavy atom. The molecule has 0 spiro atoms. The van der Waals surface area contributed by atoms with Crippen molar-refractivity contribution in [3.63, 3.8) is 0 Å². The third-order valence-corrected chi connectivity index (χ3v) is 3.28. The van der Waals surface area contributed by atoms with E-state index >= 15 is 0 Å². The van der Waals surface area contributed by atoms with Gasteiger partial charge in [-0.3, -0.25) is 4.79 Å². The fourth-order valence-corrected chi connectivity index (χ4v) is 2.25. The van der Waals surface area contributed by atoms with Crippen LogP contribution in [0.25, 0.3) is 0 Å². The predicted octanol–water partition coefficient (Wildman–Crippen LogP) is 4.40. The van der Waals surface area contributed by atoms with Gasteiger partial charge >= 0.3 is 0 Å². The van der Waals surface area contributed by atoms with Crippen LogP contribution in [0.2, 0.25) is 10.0 Å². The van der Waals surface area contributed by atoms with E-state index in [0.29, 0.717) is 21.4 Å². The summed E-state index contributed by atoms with van der Waals surface area (Å²) >= 11 is 15.2. The molecule has 3 nitrogen and oxygen atoms in total. The van der Waals surface area contributed by atoms with Gasteiger partial charge in [0.1, 0.15) is 0 Å². The van der Waals surface area contributed by atoms with Crippen LogP contribution in [-0.4, -0.2) is 10.9 Å². The number of carbonyl (C=O) groups is 1. The van der Waals surface area contributed by atoms with Crippen LogP contribution in [0.4, 0.5) is 5.82 Å². The number of nitrogens with zero attached hydrogens (tertiary/aromatic N) is 1. The number of aromatic nitrogens is 1. The molecule has 0 saturated carbocycles. The van der Waals surface area contributed by atoms with Crippen molar-refractivity contribution in [2.24, 2.45) is 0 Å². The van der Waals surface area contributed by atoms with Gasteiger partial charge in [0.05, 0.1) is 15.6 Å². The van der Waals surface area contributed by atoms with Crippen molar-refractivity contribution in [2.75, 3.05) is 5.32 Å². The predicted molar refractivity (Wildman–Crippen MR) is 76.4 cm³/mol. The standard InChI is InChI=1S/C12H7BrCl2N2O/c13-7-3-4-8(10(15)6-7)12(18)17-11-9(14)2-1-5-16-11/h1-6H,(H,16,17,18). The number of hydrogen-bond donors (Lipinski definition) is 1. The molecule has 1 N–H and O–H groups in total. The lowest BCUT2D eigenvalue weighted by Crippen LogP contribution is -2.13. The summed E-state index contributed by atoms with van der Waals surface area (Å²) in [6.07, 6.45) is 1.55. The minimum absolute atomic E-state index is 0.308. The number of carbonyl (C=O) groups excluding carboxylic acids is 1. The minimum atomic E-state index is -0.354. The summed E-state index contributed by atoms with van der Waals surface area (Å²) in [4.78, 5) is 16.0. The topological polar surface area (TPSA) is 42.0 Å². The molecule has 1 aromatic heterocycles. The first kappa shape index (κ1) is 13.3. The van der Waals surface area contributed by atoms with E-state index in [1.807, 2.05) is 0 Å². The van der Waals surface area contributed by atoms with Gasteiger partial charge in [-0.1, -0.05) is 39.1 Å². The molecule has 0 saturated heterocycles. The second kappa shape index (κ2) is 5.69. The first-order chi connectivity index (χ1) is 8.58. The molecule has 1 amide bonds. The average molecular weight is 346 g/mol. The van der Waals surface area contributed by atoms with Crippen molar-refractivity contribution in [3.8, 4) is 0 Å². The third kappa shape index (κ3) is 3.02. The first-order valence-electron chi connectivity index (χ1n) is 4.95. The van der Waals surface area contributed by atoms with E-state index in [-0.39, 0.29) is 5.91 Å². The Hall–Kier alpha value is -1.10. The van der Waals surface area contributed by atoms with Crippen LogP contribution in [0.1, 0.15) is 10.4 Å². The van der Waals surface area contributed by atoms with Crippen LogP contribution in [0.3, 0.4) is 0 Å². The SMILES string of the molecule is O=C(Nc1ncccc1Cl)c1ccc(Br)cc1Cl. The van der Waals surface area contributed by atoms with Crippen LogP contribution < -0.4 is 5.32 Å². The van der Waals surface area contributed by atoms with Crippen LogP contribution in [0.15, 0.2) is 41.0 Å². The molecular weight excluding hydrogens is 339 g/mol. The third-order valence-electron chi connectivity index (χ3n) is 2.17. The van der Waals surface area contributed by atoms with E-state index in [1.54, 1.807) is 36.5 Å². The highest BCUT2D eigenvalue weighted by molar-refractivity contribution is 9.10. The number of halogens is 3. The second-order valence-electron chi connectivity index (χ2n) is 3.41. The molecule has 6 heteroatoms. The van der Waals surface area contributed by atoms with Crippen LogP contribution in [-0.2, 0) is 0 Å². The maximum Gasteiger partial charge on any atom is 0.258 e. The number of benzene rings is 1. The van der Waals surface area contributed by atoms with Gasteiger partial charge in [0.25, 0.3) is 5.91 Å². The van der Waals surface area contributed by atoms with E-state index < -0.39 is 0 Å². The van der Waals surface area contributed by atoms with Gasteiger partial charge in [-0.05, 0) is 30.3 Å². The van der Waals surface area contributed by atoms with E-state index in [9.17, 15) is 4.79 Å². The quantitative estimate of drug-likeness (QED) is 0.876. The summed E-state index contributed by atoms with van der Waals surface area (Å²) in [6, 6.07) is 8.34. The molecule has 0 atom stereocenters. The fourth-order valence-electron chi connectivity index (χ4n) is 1.33. The van der Waals surface area contributed by atoms with Gasteiger partial charge in [-0.25, -0.2) is 4.98 Å².